The van der Waals surface area contributed by atoms with Crippen molar-refractivity contribution < 1.29 is 0 Å². The molecule has 0 bridgehead atoms. The van der Waals surface area contributed by atoms with Gasteiger partial charge < -0.3 is 0 Å². The van der Waals surface area contributed by atoms with Gasteiger partial charge in [0.15, 0.2) is 0 Å². The van der Waals surface area contributed by atoms with Gasteiger partial charge >= 0.3 is 0 Å². The van der Waals surface area contributed by atoms with Gasteiger partial charge in [0, 0.05) is 5.69 Å². The van der Waals surface area contributed by atoms with Crippen molar-refractivity contribution >= 4 is 0 Å². The van der Waals surface area contributed by atoms with E-state index in [4.69, 9.17) is 5.26 Å². The van der Waals surface area contributed by atoms with E-state index in [1.807, 2.05) is 28.9 Å². The smallest absolute Gasteiger partial charge is 0.0991 e. The Kier molecular flexibility index (Phi) is 2.22. The number of aryl methyl sites for hydroxylation is 1. The van der Waals surface area contributed by atoms with Crippen molar-refractivity contribution in [1.29, 1.82) is 5.26 Å². The third kappa shape index (κ3) is 1.53. The number of nitrogens with zero attached hydrogens (tertiary/aromatic N) is 3. The summed E-state index contributed by atoms with van der Waals surface area (Å²) in [5.41, 5.74) is 5.63. The minimum Gasteiger partial charge on any atom is -0.237 e. The van der Waals surface area contributed by atoms with E-state index in [9.17, 15) is 0 Å². The van der Waals surface area contributed by atoms with Crippen LogP contribution >= 0.6 is 0 Å². The Bertz CT molecular complexity index is 600. The van der Waals surface area contributed by atoms with Crippen LogP contribution in [0.1, 0.15) is 28.9 Å². The molecule has 0 saturated carbocycles. The highest BCUT2D eigenvalue weighted by Crippen LogP contribution is 2.27. The number of nitriles is 1. The van der Waals surface area contributed by atoms with E-state index >= 15 is 0 Å². The Labute approximate surface area is 100 Å². The molecule has 2 aromatic rings. The Morgan fingerprint density at radius 3 is 2.71 bits per heavy atom. The van der Waals surface area contributed by atoms with E-state index < -0.39 is 0 Å². The molecule has 17 heavy (non-hydrogen) atoms. The van der Waals surface area contributed by atoms with Gasteiger partial charge in [0.1, 0.15) is 0 Å². The summed E-state index contributed by atoms with van der Waals surface area (Å²) in [4.78, 5) is 0. The standard InChI is InChI=1S/C14H13N3/c1-10-13-3-2-4-14(13)17(16-10)12-7-5-11(9-15)6-8-12/h5-8H,2-4H2,1H3. The summed E-state index contributed by atoms with van der Waals surface area (Å²) in [6, 6.07) is 9.74. The minimum absolute atomic E-state index is 0.689. The fourth-order valence-electron chi connectivity index (χ4n) is 2.51. The average molecular weight is 223 g/mol. The largest absolute Gasteiger partial charge is 0.237 e. The van der Waals surface area contributed by atoms with Crippen LogP contribution in [0.5, 0.6) is 0 Å². The molecule has 1 aliphatic carbocycles. The molecule has 0 N–H and O–H groups in total. The number of hydrogen-bond donors (Lipinski definition) is 0. The van der Waals surface area contributed by atoms with Crippen LogP contribution in [0, 0.1) is 18.3 Å². The fraction of sp³-hybridized carbons (Fsp3) is 0.286. The van der Waals surface area contributed by atoms with Gasteiger partial charge in [0.05, 0.1) is 23.0 Å². The molecular formula is C14H13N3. The zero-order valence-corrected chi connectivity index (χ0v) is 9.77. The highest BCUT2D eigenvalue weighted by Gasteiger charge is 2.20. The molecule has 3 rings (SSSR count). The van der Waals surface area contributed by atoms with Crippen LogP contribution in [0.4, 0.5) is 0 Å². The lowest BCUT2D eigenvalue weighted by Crippen LogP contribution is -2.01. The molecule has 0 aliphatic heterocycles. The topological polar surface area (TPSA) is 41.6 Å². The first-order chi connectivity index (χ1) is 8.29. The molecule has 0 radical (unpaired) electrons. The van der Waals surface area contributed by atoms with Crippen molar-refractivity contribution in [3.8, 4) is 11.8 Å². The normalized spacial score (nSPS) is 13.4. The van der Waals surface area contributed by atoms with E-state index in [-0.39, 0.29) is 0 Å². The van der Waals surface area contributed by atoms with Gasteiger partial charge in [-0.15, -0.1) is 0 Å². The van der Waals surface area contributed by atoms with Crippen molar-refractivity contribution in [1.82, 2.24) is 9.78 Å². The second-order valence-corrected chi connectivity index (χ2v) is 4.43. The predicted octanol–water partition coefficient (Wildman–Crippen LogP) is 2.54. The first-order valence-electron chi connectivity index (χ1n) is 5.87. The number of benzene rings is 1. The summed E-state index contributed by atoms with van der Waals surface area (Å²) in [7, 11) is 0. The van der Waals surface area contributed by atoms with Crippen LogP contribution < -0.4 is 0 Å². The van der Waals surface area contributed by atoms with Crippen LogP contribution in [0.25, 0.3) is 5.69 Å². The molecule has 1 aliphatic rings. The maximum atomic E-state index is 8.79. The molecule has 0 spiro atoms. The van der Waals surface area contributed by atoms with E-state index in [2.05, 4.69) is 18.1 Å². The lowest BCUT2D eigenvalue weighted by molar-refractivity contribution is 0.773. The molecule has 3 heteroatoms. The maximum absolute atomic E-state index is 8.79. The number of aromatic nitrogens is 2. The van der Waals surface area contributed by atoms with Crippen LogP contribution in [-0.2, 0) is 12.8 Å². The van der Waals surface area contributed by atoms with Gasteiger partial charge in [-0.1, -0.05) is 0 Å². The lowest BCUT2D eigenvalue weighted by atomic mass is 10.2. The zero-order valence-electron chi connectivity index (χ0n) is 9.77. The molecule has 3 nitrogen and oxygen atoms in total. The second-order valence-electron chi connectivity index (χ2n) is 4.43. The summed E-state index contributed by atoms with van der Waals surface area (Å²) in [6.45, 7) is 2.07. The van der Waals surface area contributed by atoms with Crippen molar-refractivity contribution in [2.24, 2.45) is 0 Å². The van der Waals surface area contributed by atoms with Crippen LogP contribution in [-0.4, -0.2) is 9.78 Å². The van der Waals surface area contributed by atoms with Gasteiger partial charge in [-0.3, -0.25) is 0 Å². The van der Waals surface area contributed by atoms with Gasteiger partial charge in [-0.05, 0) is 56.0 Å². The molecule has 0 atom stereocenters. The Morgan fingerprint density at radius 2 is 2.00 bits per heavy atom. The van der Waals surface area contributed by atoms with Crippen molar-refractivity contribution in [2.45, 2.75) is 26.2 Å². The molecule has 0 unspecified atom stereocenters. The van der Waals surface area contributed by atoms with Crippen LogP contribution in [0.2, 0.25) is 0 Å². The summed E-state index contributed by atoms with van der Waals surface area (Å²) < 4.78 is 2.03. The molecule has 84 valence electrons. The first-order valence-corrected chi connectivity index (χ1v) is 5.87. The molecule has 1 aromatic heterocycles. The number of fused-ring (bicyclic) bond motifs is 1. The predicted molar refractivity (Wildman–Crippen MR) is 65.0 cm³/mol. The Morgan fingerprint density at radius 1 is 1.24 bits per heavy atom. The second kappa shape index (κ2) is 3.74. The van der Waals surface area contributed by atoms with E-state index in [0.717, 1.165) is 24.2 Å². The number of rotatable bonds is 1. The van der Waals surface area contributed by atoms with E-state index in [1.54, 1.807) is 0 Å². The van der Waals surface area contributed by atoms with E-state index in [0.29, 0.717) is 5.56 Å². The third-order valence-electron chi connectivity index (χ3n) is 3.37. The molecular weight excluding hydrogens is 210 g/mol. The maximum Gasteiger partial charge on any atom is 0.0991 e. The molecule has 0 amide bonds. The fourth-order valence-corrected chi connectivity index (χ4v) is 2.51. The number of hydrogen-bond acceptors (Lipinski definition) is 2. The van der Waals surface area contributed by atoms with Crippen molar-refractivity contribution in [3.05, 3.63) is 46.8 Å². The SMILES string of the molecule is Cc1nn(-c2ccc(C#N)cc2)c2c1CCC2. The molecule has 0 fully saturated rings. The molecule has 0 saturated heterocycles. The van der Waals surface area contributed by atoms with Crippen molar-refractivity contribution in [2.75, 3.05) is 0 Å². The van der Waals surface area contributed by atoms with Crippen LogP contribution in [0.15, 0.2) is 24.3 Å². The lowest BCUT2D eigenvalue weighted by Gasteiger charge is -2.05. The van der Waals surface area contributed by atoms with Gasteiger partial charge in [-0.2, -0.15) is 10.4 Å². The summed E-state index contributed by atoms with van der Waals surface area (Å²) >= 11 is 0. The quantitative estimate of drug-likeness (QED) is 0.745. The highest BCUT2D eigenvalue weighted by atomic mass is 15.3. The van der Waals surface area contributed by atoms with Gasteiger partial charge in [-0.25, -0.2) is 4.68 Å². The summed E-state index contributed by atoms with van der Waals surface area (Å²) in [5.74, 6) is 0. The molecule has 1 aromatic carbocycles. The monoisotopic (exact) mass is 223 g/mol. The van der Waals surface area contributed by atoms with Crippen LogP contribution in [0.3, 0.4) is 0 Å². The highest BCUT2D eigenvalue weighted by molar-refractivity contribution is 5.43. The van der Waals surface area contributed by atoms with Crippen molar-refractivity contribution in [3.63, 3.8) is 0 Å². The molecule has 1 heterocycles. The average Bonchev–Trinajstić information content (AvgIpc) is 2.94. The van der Waals surface area contributed by atoms with Gasteiger partial charge in [0.2, 0.25) is 0 Å². The van der Waals surface area contributed by atoms with E-state index in [1.165, 1.54) is 17.7 Å². The zero-order chi connectivity index (χ0) is 11.8. The summed E-state index contributed by atoms with van der Waals surface area (Å²) in [6.07, 6.45) is 3.48. The first kappa shape index (κ1) is 10.1. The third-order valence-corrected chi connectivity index (χ3v) is 3.37. The van der Waals surface area contributed by atoms with Gasteiger partial charge in [0.25, 0.3) is 0 Å². The Balaban J connectivity index is 2.10. The minimum atomic E-state index is 0.689. The Hall–Kier alpha value is -2.08. The summed E-state index contributed by atoms with van der Waals surface area (Å²) in [5, 5.41) is 13.4.